The van der Waals surface area contributed by atoms with E-state index < -0.39 is 5.97 Å². The fraction of sp³-hybridized carbons (Fsp3) is 0.667. The molecule has 0 spiro atoms. The zero-order valence-electron chi connectivity index (χ0n) is 8.49. The van der Waals surface area contributed by atoms with Crippen molar-refractivity contribution in [1.82, 2.24) is 4.90 Å². The molecule has 0 aliphatic heterocycles. The number of rotatable bonds is 5. The van der Waals surface area contributed by atoms with Gasteiger partial charge in [-0.2, -0.15) is 0 Å². The number of nitrogens with two attached hydrogens (primary N) is 1. The van der Waals surface area contributed by atoms with E-state index in [2.05, 4.69) is 31.1 Å². The molecule has 0 aromatic rings. The number of aliphatic carboxylic acids is 1. The maximum absolute atomic E-state index is 9.24. The molecule has 0 unspecified atom stereocenters. The van der Waals surface area contributed by atoms with E-state index in [1.807, 2.05) is 6.08 Å². The molecule has 0 radical (unpaired) electrons. The van der Waals surface area contributed by atoms with Crippen LogP contribution in [0.4, 0.5) is 0 Å². The summed E-state index contributed by atoms with van der Waals surface area (Å²) in [4.78, 5) is 11.6. The Labute approximate surface area is 80.0 Å². The van der Waals surface area contributed by atoms with Crippen LogP contribution in [0.15, 0.2) is 12.7 Å². The first-order chi connectivity index (χ1) is 6.12. The molecule has 0 heterocycles. The van der Waals surface area contributed by atoms with Gasteiger partial charge in [0.25, 0.3) is 0 Å². The fourth-order valence-electron chi connectivity index (χ4n) is 0.664. The number of carbonyl (C=O) groups is 1. The van der Waals surface area contributed by atoms with Crippen molar-refractivity contribution in [2.75, 3.05) is 26.2 Å². The van der Waals surface area contributed by atoms with Crippen LogP contribution >= 0.6 is 0 Å². The third-order valence-electron chi connectivity index (χ3n) is 1.46. The standard InChI is InChI=1S/C7H15N.C2H5NO2/c1-4-7-8(5-2)6-3;3-1-2(4)5/h4H,1,5-7H2,2-3H3;1,3H2,(H,4,5). The highest BCUT2D eigenvalue weighted by atomic mass is 16.4. The molecular formula is C9H20N2O2. The van der Waals surface area contributed by atoms with Gasteiger partial charge in [0, 0.05) is 6.54 Å². The molecular weight excluding hydrogens is 168 g/mol. The first-order valence-corrected chi connectivity index (χ1v) is 4.37. The number of carboxylic acid groups (broad SMARTS) is 1. The van der Waals surface area contributed by atoms with Crippen molar-refractivity contribution < 1.29 is 9.90 Å². The van der Waals surface area contributed by atoms with E-state index in [1.165, 1.54) is 0 Å². The van der Waals surface area contributed by atoms with E-state index in [9.17, 15) is 4.79 Å². The summed E-state index contributed by atoms with van der Waals surface area (Å²) < 4.78 is 0. The Balaban J connectivity index is 0. The smallest absolute Gasteiger partial charge is 0.317 e. The Bertz CT molecular complexity index is 134. The first kappa shape index (κ1) is 14.6. The lowest BCUT2D eigenvalue weighted by Crippen LogP contribution is -2.22. The van der Waals surface area contributed by atoms with Crippen molar-refractivity contribution in [3.8, 4) is 0 Å². The molecule has 0 aliphatic rings. The molecule has 0 saturated heterocycles. The minimum Gasteiger partial charge on any atom is -0.480 e. The second kappa shape index (κ2) is 11.1. The molecule has 0 bridgehead atoms. The quantitative estimate of drug-likeness (QED) is 0.618. The maximum atomic E-state index is 9.24. The minimum absolute atomic E-state index is 0.278. The minimum atomic E-state index is -0.968. The first-order valence-electron chi connectivity index (χ1n) is 4.37. The molecule has 13 heavy (non-hydrogen) atoms. The molecule has 78 valence electrons. The van der Waals surface area contributed by atoms with E-state index >= 15 is 0 Å². The van der Waals surface area contributed by atoms with Crippen molar-refractivity contribution in [2.45, 2.75) is 13.8 Å². The number of hydrogen-bond acceptors (Lipinski definition) is 3. The number of carboxylic acids is 1. The van der Waals surface area contributed by atoms with Gasteiger partial charge in [-0.15, -0.1) is 6.58 Å². The van der Waals surface area contributed by atoms with Crippen LogP contribution in [0.25, 0.3) is 0 Å². The normalized spacial score (nSPS) is 8.92. The summed E-state index contributed by atoms with van der Waals surface area (Å²) >= 11 is 0. The zero-order chi connectivity index (χ0) is 10.7. The summed E-state index contributed by atoms with van der Waals surface area (Å²) in [6.45, 7) is 11.0. The van der Waals surface area contributed by atoms with Crippen LogP contribution in [0.3, 0.4) is 0 Å². The summed E-state index contributed by atoms with van der Waals surface area (Å²) in [7, 11) is 0. The second-order valence-electron chi connectivity index (χ2n) is 2.37. The summed E-state index contributed by atoms with van der Waals surface area (Å²) in [5.74, 6) is -0.968. The largest absolute Gasteiger partial charge is 0.480 e. The van der Waals surface area contributed by atoms with Gasteiger partial charge >= 0.3 is 5.97 Å². The molecule has 3 N–H and O–H groups in total. The fourth-order valence-corrected chi connectivity index (χ4v) is 0.664. The second-order valence-corrected chi connectivity index (χ2v) is 2.37. The topological polar surface area (TPSA) is 66.6 Å². The summed E-state index contributed by atoms with van der Waals surface area (Å²) in [5, 5.41) is 7.60. The molecule has 4 nitrogen and oxygen atoms in total. The third kappa shape index (κ3) is 14.0. The molecule has 4 heteroatoms. The lowest BCUT2D eigenvalue weighted by Gasteiger charge is -2.14. The molecule has 0 rings (SSSR count). The van der Waals surface area contributed by atoms with Crippen LogP contribution in [-0.2, 0) is 4.79 Å². The monoisotopic (exact) mass is 188 g/mol. The number of nitrogens with zero attached hydrogens (tertiary/aromatic N) is 1. The zero-order valence-corrected chi connectivity index (χ0v) is 8.49. The van der Waals surface area contributed by atoms with Crippen LogP contribution in [0.2, 0.25) is 0 Å². The third-order valence-corrected chi connectivity index (χ3v) is 1.46. The Morgan fingerprint density at radius 3 is 2.00 bits per heavy atom. The highest BCUT2D eigenvalue weighted by Crippen LogP contribution is 1.84. The van der Waals surface area contributed by atoms with Gasteiger partial charge in [-0.25, -0.2) is 0 Å². The maximum Gasteiger partial charge on any atom is 0.317 e. The van der Waals surface area contributed by atoms with Gasteiger partial charge in [0.2, 0.25) is 0 Å². The van der Waals surface area contributed by atoms with E-state index in [1.54, 1.807) is 0 Å². The van der Waals surface area contributed by atoms with Gasteiger partial charge in [-0.05, 0) is 13.1 Å². The van der Waals surface area contributed by atoms with Crippen molar-refractivity contribution in [1.29, 1.82) is 0 Å². The predicted molar refractivity (Wildman–Crippen MR) is 54.7 cm³/mol. The van der Waals surface area contributed by atoms with Crippen LogP contribution in [0.5, 0.6) is 0 Å². The lowest BCUT2D eigenvalue weighted by molar-refractivity contribution is -0.135. The number of hydrogen-bond donors (Lipinski definition) is 2. The Morgan fingerprint density at radius 2 is 1.92 bits per heavy atom. The van der Waals surface area contributed by atoms with Crippen LogP contribution in [0.1, 0.15) is 13.8 Å². The van der Waals surface area contributed by atoms with Crippen LogP contribution in [0, 0.1) is 0 Å². The Hall–Kier alpha value is -0.870. The average molecular weight is 188 g/mol. The molecule has 0 saturated carbocycles. The highest BCUT2D eigenvalue weighted by Gasteiger charge is 1.90. The van der Waals surface area contributed by atoms with Gasteiger partial charge in [0.1, 0.15) is 0 Å². The van der Waals surface area contributed by atoms with Crippen molar-refractivity contribution in [2.24, 2.45) is 5.73 Å². The van der Waals surface area contributed by atoms with Gasteiger partial charge in [-0.1, -0.05) is 19.9 Å². The van der Waals surface area contributed by atoms with E-state index in [-0.39, 0.29) is 6.54 Å². The molecule has 0 aromatic heterocycles. The van der Waals surface area contributed by atoms with E-state index in [4.69, 9.17) is 5.11 Å². The SMILES string of the molecule is C=CCN(CC)CC.NCC(=O)O. The molecule has 0 atom stereocenters. The average Bonchev–Trinajstić information content (AvgIpc) is 2.15. The Morgan fingerprint density at radius 1 is 1.54 bits per heavy atom. The van der Waals surface area contributed by atoms with Crippen molar-refractivity contribution in [3.05, 3.63) is 12.7 Å². The highest BCUT2D eigenvalue weighted by molar-refractivity contribution is 5.68. The molecule has 0 aliphatic carbocycles. The Kier molecular flexibility index (Phi) is 12.5. The van der Waals surface area contributed by atoms with E-state index in [0.717, 1.165) is 19.6 Å². The number of likely N-dealkylation sites (N-methyl/N-ethyl adjacent to an activating group) is 1. The summed E-state index contributed by atoms with van der Waals surface area (Å²) in [6, 6.07) is 0. The van der Waals surface area contributed by atoms with Crippen LogP contribution in [-0.4, -0.2) is 42.2 Å². The predicted octanol–water partition coefficient (Wildman–Crippen LogP) is 0.544. The van der Waals surface area contributed by atoms with Crippen molar-refractivity contribution >= 4 is 5.97 Å². The van der Waals surface area contributed by atoms with Crippen LogP contribution < -0.4 is 5.73 Å². The van der Waals surface area contributed by atoms with Crippen molar-refractivity contribution in [3.63, 3.8) is 0 Å². The van der Waals surface area contributed by atoms with E-state index in [0.29, 0.717) is 0 Å². The molecule has 0 aromatic carbocycles. The lowest BCUT2D eigenvalue weighted by atomic mass is 10.5. The van der Waals surface area contributed by atoms with Gasteiger partial charge < -0.3 is 15.7 Å². The molecule has 0 fully saturated rings. The molecule has 0 amide bonds. The van der Waals surface area contributed by atoms with Gasteiger partial charge in [-0.3, -0.25) is 4.79 Å². The van der Waals surface area contributed by atoms with Gasteiger partial charge in [0.05, 0.1) is 6.54 Å². The summed E-state index contributed by atoms with van der Waals surface area (Å²) in [5.41, 5.74) is 4.57. The van der Waals surface area contributed by atoms with Gasteiger partial charge in [0.15, 0.2) is 0 Å². The summed E-state index contributed by atoms with van der Waals surface area (Å²) in [6.07, 6.45) is 1.94.